The van der Waals surface area contributed by atoms with Gasteiger partial charge in [0.2, 0.25) is 5.91 Å². The highest BCUT2D eigenvalue weighted by atomic mass is 16.5. The van der Waals surface area contributed by atoms with Crippen LogP contribution >= 0.6 is 0 Å². The molecule has 110 valence electrons. The third kappa shape index (κ3) is 4.85. The molecule has 1 atom stereocenters. The summed E-state index contributed by atoms with van der Waals surface area (Å²) in [6, 6.07) is 7.78. The molecule has 0 aliphatic heterocycles. The summed E-state index contributed by atoms with van der Waals surface area (Å²) in [4.78, 5) is 11.9. The fraction of sp³-hybridized carbons (Fsp3) is 0.562. The molecule has 3 N–H and O–H groups in total. The van der Waals surface area contributed by atoms with Crippen molar-refractivity contribution < 1.29 is 9.53 Å². The molecule has 1 amide bonds. The van der Waals surface area contributed by atoms with Crippen molar-refractivity contribution in [1.82, 2.24) is 5.32 Å². The van der Waals surface area contributed by atoms with E-state index < -0.39 is 0 Å². The molecule has 0 saturated heterocycles. The van der Waals surface area contributed by atoms with Crippen LogP contribution in [-0.2, 0) is 11.2 Å². The molecule has 1 aliphatic carbocycles. The second kappa shape index (κ2) is 6.75. The summed E-state index contributed by atoms with van der Waals surface area (Å²) in [5.41, 5.74) is 6.92. The Hall–Kier alpha value is -1.55. The Balaban J connectivity index is 1.80. The Morgan fingerprint density at radius 1 is 1.45 bits per heavy atom. The fourth-order valence-corrected chi connectivity index (χ4v) is 2.17. The molecule has 20 heavy (non-hydrogen) atoms. The van der Waals surface area contributed by atoms with E-state index in [-0.39, 0.29) is 18.1 Å². The van der Waals surface area contributed by atoms with Gasteiger partial charge in [0.15, 0.2) is 0 Å². The van der Waals surface area contributed by atoms with Crippen molar-refractivity contribution in [3.63, 3.8) is 0 Å². The van der Waals surface area contributed by atoms with E-state index in [4.69, 9.17) is 10.5 Å². The SMILES string of the molecule is CC(C)Oc1cccc(CC(=O)NCC(N)C2CC2)c1. The first-order valence-corrected chi connectivity index (χ1v) is 7.32. The van der Waals surface area contributed by atoms with E-state index in [1.54, 1.807) is 0 Å². The Labute approximate surface area is 120 Å². The van der Waals surface area contributed by atoms with Gasteiger partial charge in [-0.2, -0.15) is 0 Å². The molecule has 0 heterocycles. The number of amides is 1. The molecule has 1 unspecified atom stereocenters. The molecule has 0 aromatic heterocycles. The quantitative estimate of drug-likeness (QED) is 0.799. The lowest BCUT2D eigenvalue weighted by Crippen LogP contribution is -2.39. The smallest absolute Gasteiger partial charge is 0.224 e. The molecular formula is C16H24N2O2. The topological polar surface area (TPSA) is 64.3 Å². The van der Waals surface area contributed by atoms with Gasteiger partial charge in [0.05, 0.1) is 12.5 Å². The standard InChI is InChI=1S/C16H24N2O2/c1-11(2)20-14-5-3-4-12(8-14)9-16(19)18-10-15(17)13-6-7-13/h3-5,8,11,13,15H,6-7,9-10,17H2,1-2H3,(H,18,19). The maximum absolute atomic E-state index is 11.9. The molecule has 1 aromatic rings. The third-order valence-electron chi connectivity index (χ3n) is 3.40. The number of hydrogen-bond acceptors (Lipinski definition) is 3. The number of carbonyl (C=O) groups excluding carboxylic acids is 1. The monoisotopic (exact) mass is 276 g/mol. The van der Waals surface area contributed by atoms with Gasteiger partial charge in [0.25, 0.3) is 0 Å². The van der Waals surface area contributed by atoms with Gasteiger partial charge >= 0.3 is 0 Å². The number of ether oxygens (including phenoxy) is 1. The second-order valence-corrected chi connectivity index (χ2v) is 5.80. The number of nitrogens with two attached hydrogens (primary N) is 1. The number of nitrogens with one attached hydrogen (secondary N) is 1. The summed E-state index contributed by atoms with van der Waals surface area (Å²) >= 11 is 0. The maximum atomic E-state index is 11.9. The van der Waals surface area contributed by atoms with Crippen LogP contribution in [-0.4, -0.2) is 24.6 Å². The second-order valence-electron chi connectivity index (χ2n) is 5.80. The van der Waals surface area contributed by atoms with Gasteiger partial charge in [-0.3, -0.25) is 4.79 Å². The van der Waals surface area contributed by atoms with Crippen molar-refractivity contribution in [3.8, 4) is 5.75 Å². The Morgan fingerprint density at radius 3 is 2.85 bits per heavy atom. The molecule has 1 fully saturated rings. The summed E-state index contributed by atoms with van der Waals surface area (Å²) in [5, 5.41) is 2.91. The van der Waals surface area contributed by atoms with Gasteiger partial charge in [-0.05, 0) is 50.3 Å². The summed E-state index contributed by atoms with van der Waals surface area (Å²) in [6.07, 6.45) is 2.90. The van der Waals surface area contributed by atoms with E-state index in [9.17, 15) is 4.79 Å². The minimum atomic E-state index is 0.0165. The van der Waals surface area contributed by atoms with Crippen LogP contribution in [0.2, 0.25) is 0 Å². The average Bonchev–Trinajstić information content (AvgIpc) is 3.19. The van der Waals surface area contributed by atoms with Gasteiger partial charge in [-0.15, -0.1) is 0 Å². The molecule has 2 rings (SSSR count). The van der Waals surface area contributed by atoms with Crippen LogP contribution in [0.15, 0.2) is 24.3 Å². The number of hydrogen-bond donors (Lipinski definition) is 2. The Morgan fingerprint density at radius 2 is 2.20 bits per heavy atom. The van der Waals surface area contributed by atoms with Crippen LogP contribution in [0.1, 0.15) is 32.3 Å². The van der Waals surface area contributed by atoms with Gasteiger partial charge in [0, 0.05) is 12.6 Å². The highest BCUT2D eigenvalue weighted by Crippen LogP contribution is 2.31. The first-order valence-electron chi connectivity index (χ1n) is 7.32. The molecule has 1 aromatic carbocycles. The van der Waals surface area contributed by atoms with Gasteiger partial charge in [-0.25, -0.2) is 0 Å². The Bertz CT molecular complexity index is 456. The van der Waals surface area contributed by atoms with E-state index in [2.05, 4.69) is 5.32 Å². The molecule has 1 aliphatic rings. The normalized spacial score (nSPS) is 16.0. The molecule has 4 nitrogen and oxygen atoms in total. The minimum Gasteiger partial charge on any atom is -0.491 e. The average molecular weight is 276 g/mol. The van der Waals surface area contributed by atoms with Crippen molar-refractivity contribution in [1.29, 1.82) is 0 Å². The van der Waals surface area contributed by atoms with Gasteiger partial charge in [0.1, 0.15) is 5.75 Å². The van der Waals surface area contributed by atoms with Crippen LogP contribution in [0, 0.1) is 5.92 Å². The van der Waals surface area contributed by atoms with Crippen molar-refractivity contribution in [2.24, 2.45) is 11.7 Å². The van der Waals surface area contributed by atoms with E-state index in [1.807, 2.05) is 38.1 Å². The van der Waals surface area contributed by atoms with Crippen molar-refractivity contribution in [2.45, 2.75) is 45.3 Å². The maximum Gasteiger partial charge on any atom is 0.224 e. The highest BCUT2D eigenvalue weighted by molar-refractivity contribution is 5.78. The van der Waals surface area contributed by atoms with Gasteiger partial charge in [-0.1, -0.05) is 12.1 Å². The lowest BCUT2D eigenvalue weighted by atomic mass is 10.1. The summed E-state index contributed by atoms with van der Waals surface area (Å²) in [7, 11) is 0. The number of carbonyl (C=O) groups is 1. The van der Waals surface area contributed by atoms with Crippen LogP contribution in [0.5, 0.6) is 5.75 Å². The van der Waals surface area contributed by atoms with E-state index in [0.717, 1.165) is 11.3 Å². The Kier molecular flexibility index (Phi) is 5.01. The lowest BCUT2D eigenvalue weighted by molar-refractivity contribution is -0.120. The minimum absolute atomic E-state index is 0.0165. The van der Waals surface area contributed by atoms with E-state index in [0.29, 0.717) is 18.9 Å². The third-order valence-corrected chi connectivity index (χ3v) is 3.40. The van der Waals surface area contributed by atoms with E-state index in [1.165, 1.54) is 12.8 Å². The van der Waals surface area contributed by atoms with Crippen LogP contribution in [0.25, 0.3) is 0 Å². The van der Waals surface area contributed by atoms with Crippen LogP contribution < -0.4 is 15.8 Å². The highest BCUT2D eigenvalue weighted by Gasteiger charge is 2.28. The number of rotatable bonds is 7. The first kappa shape index (κ1) is 14.9. The lowest BCUT2D eigenvalue weighted by Gasteiger charge is -2.13. The molecule has 4 heteroatoms. The molecule has 0 spiro atoms. The van der Waals surface area contributed by atoms with Crippen molar-refractivity contribution in [2.75, 3.05) is 6.54 Å². The van der Waals surface area contributed by atoms with Crippen molar-refractivity contribution >= 4 is 5.91 Å². The zero-order valence-corrected chi connectivity index (χ0v) is 12.3. The van der Waals surface area contributed by atoms with Crippen molar-refractivity contribution in [3.05, 3.63) is 29.8 Å². The zero-order chi connectivity index (χ0) is 14.5. The summed E-state index contributed by atoms with van der Waals surface area (Å²) < 4.78 is 5.62. The predicted octanol–water partition coefficient (Wildman–Crippen LogP) is 1.87. The fourth-order valence-electron chi connectivity index (χ4n) is 2.17. The predicted molar refractivity (Wildman–Crippen MR) is 79.6 cm³/mol. The molecule has 1 saturated carbocycles. The first-order chi connectivity index (χ1) is 9.54. The summed E-state index contributed by atoms with van der Waals surface area (Å²) in [6.45, 7) is 4.54. The largest absolute Gasteiger partial charge is 0.491 e. The van der Waals surface area contributed by atoms with Crippen LogP contribution in [0.4, 0.5) is 0 Å². The molecule has 0 radical (unpaired) electrons. The van der Waals surface area contributed by atoms with E-state index >= 15 is 0 Å². The molecular weight excluding hydrogens is 252 g/mol. The molecule has 0 bridgehead atoms. The number of benzene rings is 1. The van der Waals surface area contributed by atoms with Gasteiger partial charge < -0.3 is 15.8 Å². The zero-order valence-electron chi connectivity index (χ0n) is 12.3. The summed E-state index contributed by atoms with van der Waals surface area (Å²) in [5.74, 6) is 1.43. The van der Waals surface area contributed by atoms with Crippen LogP contribution in [0.3, 0.4) is 0 Å².